The standard InChI is InChI=1S/C75H51N7/c76-52-55-25-19-22-40-67(55)70-49-64(79(58-28-7-1-8-29-58)59-30-9-2-10-31-59)43-46-73(70)82(74-47-44-65(50-71(74)68-41-23-20-26-56(68)53-77)80(60-32-11-3-12-33-60)61-34-13-4-14-35-61)75-48-45-66(51-72(75)69-42-24-21-27-57(69)54-78)81(62-36-15-5-16-37-62)63-38-17-6-18-39-63/h1-51H. The lowest BCUT2D eigenvalue weighted by molar-refractivity contribution is 1.24. The van der Waals surface area contributed by atoms with Gasteiger partial charge in [0.05, 0.1) is 52.0 Å². The molecule has 0 aromatic heterocycles. The van der Waals surface area contributed by atoms with E-state index in [2.05, 4.69) is 165 Å². The van der Waals surface area contributed by atoms with E-state index < -0.39 is 0 Å². The fourth-order valence-electron chi connectivity index (χ4n) is 10.9. The lowest BCUT2D eigenvalue weighted by Gasteiger charge is -2.35. The van der Waals surface area contributed by atoms with Crippen LogP contribution in [0.4, 0.5) is 68.2 Å². The molecule has 0 amide bonds. The van der Waals surface area contributed by atoms with Crippen LogP contribution in [0.5, 0.6) is 0 Å². The van der Waals surface area contributed by atoms with E-state index in [1.807, 2.05) is 182 Å². The molecule has 7 heteroatoms. The molecule has 7 nitrogen and oxygen atoms in total. The zero-order chi connectivity index (χ0) is 55.6. The molecule has 0 aliphatic heterocycles. The fourth-order valence-corrected chi connectivity index (χ4v) is 10.9. The minimum absolute atomic E-state index is 0.491. The van der Waals surface area contributed by atoms with E-state index in [4.69, 9.17) is 0 Å². The Balaban J connectivity index is 1.22. The molecule has 0 heterocycles. The van der Waals surface area contributed by atoms with Crippen molar-refractivity contribution in [3.05, 3.63) is 326 Å². The maximum Gasteiger partial charge on any atom is 0.0998 e. The van der Waals surface area contributed by atoms with Crippen LogP contribution < -0.4 is 19.6 Å². The highest BCUT2D eigenvalue weighted by atomic mass is 15.2. The number of rotatable bonds is 15. The number of para-hydroxylation sites is 6. The molecular weight excluding hydrogens is 999 g/mol. The lowest BCUT2D eigenvalue weighted by Crippen LogP contribution is -2.17. The van der Waals surface area contributed by atoms with Crippen LogP contribution in [0.1, 0.15) is 16.7 Å². The summed E-state index contributed by atoms with van der Waals surface area (Å²) in [6.45, 7) is 0. The zero-order valence-corrected chi connectivity index (χ0v) is 44.6. The summed E-state index contributed by atoms with van der Waals surface area (Å²) in [7, 11) is 0. The summed E-state index contributed by atoms with van der Waals surface area (Å²) in [6.07, 6.45) is 0. The molecule has 0 bridgehead atoms. The fraction of sp³-hybridized carbons (Fsp3) is 0. The van der Waals surface area contributed by atoms with Gasteiger partial charge in [-0.2, -0.15) is 15.8 Å². The number of hydrogen-bond acceptors (Lipinski definition) is 7. The number of nitrogens with zero attached hydrogens (tertiary/aromatic N) is 7. The SMILES string of the molecule is N#Cc1ccccc1-c1cc(N(c2ccccc2)c2ccccc2)ccc1N(c1ccc(N(c2ccccc2)c2ccccc2)cc1-c1ccccc1C#N)c1ccc(N(c2ccccc2)c2ccccc2)cc1-c1ccccc1C#N. The van der Waals surface area contributed by atoms with Crippen molar-refractivity contribution in [2.45, 2.75) is 0 Å². The van der Waals surface area contributed by atoms with E-state index >= 15 is 0 Å². The van der Waals surface area contributed by atoms with Crippen LogP contribution in [0.3, 0.4) is 0 Å². The van der Waals surface area contributed by atoms with E-state index in [0.29, 0.717) is 16.7 Å². The minimum Gasteiger partial charge on any atom is -0.310 e. The van der Waals surface area contributed by atoms with E-state index in [1.165, 1.54) is 0 Å². The molecular formula is C75H51N7. The van der Waals surface area contributed by atoms with E-state index in [9.17, 15) is 15.8 Å². The summed E-state index contributed by atoms with van der Waals surface area (Å²) in [5, 5.41) is 33.2. The van der Waals surface area contributed by atoms with Crippen LogP contribution in [-0.2, 0) is 0 Å². The summed E-state index contributed by atoms with van der Waals surface area (Å²) in [5.74, 6) is 0. The molecule has 0 N–H and O–H groups in total. The van der Waals surface area contributed by atoms with Crippen molar-refractivity contribution in [3.8, 4) is 51.6 Å². The summed E-state index contributed by atoms with van der Waals surface area (Å²) in [6, 6.07) is 112. The minimum atomic E-state index is 0.491. The van der Waals surface area contributed by atoms with Gasteiger partial charge in [-0.1, -0.05) is 164 Å². The van der Waals surface area contributed by atoms with Gasteiger partial charge >= 0.3 is 0 Å². The average molecular weight is 1050 g/mol. The molecule has 82 heavy (non-hydrogen) atoms. The molecule has 0 saturated carbocycles. The van der Waals surface area contributed by atoms with Crippen LogP contribution >= 0.6 is 0 Å². The van der Waals surface area contributed by atoms with Gasteiger partial charge in [0.25, 0.3) is 0 Å². The van der Waals surface area contributed by atoms with E-state index in [1.54, 1.807) is 0 Å². The molecule has 0 aliphatic carbocycles. The highest BCUT2D eigenvalue weighted by Gasteiger charge is 2.29. The van der Waals surface area contributed by atoms with Crippen molar-refractivity contribution < 1.29 is 0 Å². The summed E-state index contributed by atoms with van der Waals surface area (Å²) >= 11 is 0. The highest BCUT2D eigenvalue weighted by Crippen LogP contribution is 2.53. The Morgan fingerprint density at radius 1 is 0.183 bits per heavy atom. The van der Waals surface area contributed by atoms with Crippen LogP contribution in [0.15, 0.2) is 309 Å². The second-order valence-electron chi connectivity index (χ2n) is 19.4. The molecule has 0 saturated heterocycles. The van der Waals surface area contributed by atoms with E-state index in [-0.39, 0.29) is 0 Å². The molecule has 0 aliphatic rings. The van der Waals surface area contributed by atoms with Crippen molar-refractivity contribution in [2.24, 2.45) is 0 Å². The first-order valence-electron chi connectivity index (χ1n) is 27.0. The predicted molar refractivity (Wildman–Crippen MR) is 336 cm³/mol. The molecule has 0 spiro atoms. The molecule has 386 valence electrons. The second-order valence-corrected chi connectivity index (χ2v) is 19.4. The van der Waals surface area contributed by atoms with Crippen LogP contribution in [0.2, 0.25) is 0 Å². The maximum absolute atomic E-state index is 11.1. The smallest absolute Gasteiger partial charge is 0.0998 e. The van der Waals surface area contributed by atoms with Gasteiger partial charge in [0, 0.05) is 84.6 Å². The first-order chi connectivity index (χ1) is 40.6. The zero-order valence-electron chi connectivity index (χ0n) is 44.6. The van der Waals surface area contributed by atoms with Gasteiger partial charge in [-0.05, 0) is 146 Å². The third kappa shape index (κ3) is 10.2. The van der Waals surface area contributed by atoms with Gasteiger partial charge in [0.2, 0.25) is 0 Å². The van der Waals surface area contributed by atoms with Crippen molar-refractivity contribution in [3.63, 3.8) is 0 Å². The van der Waals surface area contributed by atoms with Gasteiger partial charge < -0.3 is 19.6 Å². The Labute approximate surface area is 478 Å². The Morgan fingerprint density at radius 2 is 0.390 bits per heavy atom. The Hall–Kier alpha value is -11.7. The third-order valence-electron chi connectivity index (χ3n) is 14.5. The molecule has 12 aromatic rings. The van der Waals surface area contributed by atoms with Crippen LogP contribution in [0, 0.1) is 34.0 Å². The topological polar surface area (TPSA) is 84.3 Å². The molecule has 0 atom stereocenters. The second kappa shape index (κ2) is 23.5. The van der Waals surface area contributed by atoms with Crippen molar-refractivity contribution in [1.29, 1.82) is 15.8 Å². The van der Waals surface area contributed by atoms with Crippen LogP contribution in [0.25, 0.3) is 33.4 Å². The summed E-state index contributed by atoms with van der Waals surface area (Å²) < 4.78 is 0. The largest absolute Gasteiger partial charge is 0.310 e. The van der Waals surface area contributed by atoms with Crippen LogP contribution in [-0.4, -0.2) is 0 Å². The molecule has 12 aromatic carbocycles. The molecule has 12 rings (SSSR count). The number of benzene rings is 12. The monoisotopic (exact) mass is 1050 g/mol. The van der Waals surface area contributed by atoms with Crippen molar-refractivity contribution in [1.82, 2.24) is 0 Å². The Kier molecular flexibility index (Phi) is 14.6. The lowest BCUT2D eigenvalue weighted by atomic mass is 9.92. The molecule has 0 unspecified atom stereocenters. The summed E-state index contributed by atoms with van der Waals surface area (Å²) in [5.41, 5.74) is 16.5. The summed E-state index contributed by atoms with van der Waals surface area (Å²) in [4.78, 5) is 8.93. The quantitative estimate of drug-likeness (QED) is 0.101. The maximum atomic E-state index is 11.1. The van der Waals surface area contributed by atoms with Gasteiger partial charge in [0.15, 0.2) is 0 Å². The number of anilines is 12. The molecule has 0 radical (unpaired) electrons. The van der Waals surface area contributed by atoms with Gasteiger partial charge in [-0.15, -0.1) is 0 Å². The van der Waals surface area contributed by atoms with Gasteiger partial charge in [-0.3, -0.25) is 0 Å². The Morgan fingerprint density at radius 3 is 0.610 bits per heavy atom. The molecule has 0 fully saturated rings. The number of nitriles is 3. The Bertz CT molecular complexity index is 3760. The third-order valence-corrected chi connectivity index (χ3v) is 14.5. The average Bonchev–Trinajstić information content (AvgIpc) is 3.66. The number of hydrogen-bond donors (Lipinski definition) is 0. The first-order valence-corrected chi connectivity index (χ1v) is 27.0. The first kappa shape index (κ1) is 51.1. The van der Waals surface area contributed by atoms with E-state index in [0.717, 1.165) is 102 Å². The highest BCUT2D eigenvalue weighted by molar-refractivity contribution is 6.02. The normalized spacial score (nSPS) is 10.6. The van der Waals surface area contributed by atoms with Crippen molar-refractivity contribution >= 4 is 68.2 Å². The predicted octanol–water partition coefficient (Wildman–Crippen LogP) is 20.2. The van der Waals surface area contributed by atoms with Crippen molar-refractivity contribution in [2.75, 3.05) is 19.6 Å². The van der Waals surface area contributed by atoms with Gasteiger partial charge in [0.1, 0.15) is 0 Å². The van der Waals surface area contributed by atoms with Gasteiger partial charge in [-0.25, -0.2) is 0 Å².